The van der Waals surface area contributed by atoms with Crippen molar-refractivity contribution in [3.63, 3.8) is 0 Å². The molecule has 0 aliphatic heterocycles. The van der Waals surface area contributed by atoms with Crippen LogP contribution in [0.2, 0.25) is 5.15 Å². The van der Waals surface area contributed by atoms with E-state index in [4.69, 9.17) is 11.6 Å². The molecule has 18 heavy (non-hydrogen) atoms. The fourth-order valence-corrected chi connectivity index (χ4v) is 2.28. The molecule has 0 saturated heterocycles. The van der Waals surface area contributed by atoms with Gasteiger partial charge in [0.15, 0.2) is 0 Å². The minimum Gasteiger partial charge on any atom is -0.354 e. The summed E-state index contributed by atoms with van der Waals surface area (Å²) in [6.45, 7) is 9.79. The van der Waals surface area contributed by atoms with Crippen molar-refractivity contribution in [3.8, 4) is 0 Å². The van der Waals surface area contributed by atoms with E-state index in [1.54, 1.807) is 6.33 Å². The van der Waals surface area contributed by atoms with Crippen LogP contribution in [0.3, 0.4) is 0 Å². The number of hydrogen-bond acceptors (Lipinski definition) is 3. The van der Waals surface area contributed by atoms with Crippen LogP contribution in [0, 0.1) is 0 Å². The maximum absolute atomic E-state index is 6.18. The molecule has 4 heteroatoms. The second-order valence-corrected chi connectivity index (χ2v) is 4.98. The highest BCUT2D eigenvalue weighted by Gasteiger charge is 2.18. The zero-order valence-corrected chi connectivity index (χ0v) is 12.7. The normalized spacial score (nSPS) is 12.5. The SMILES string of the molecule is CCCCN(c1ncnc(Cl)c1CC)C(C)CC. The lowest BCUT2D eigenvalue weighted by Gasteiger charge is -2.31. The molecule has 102 valence electrons. The molecule has 0 aliphatic carbocycles. The number of nitrogens with zero attached hydrogens (tertiary/aromatic N) is 3. The zero-order chi connectivity index (χ0) is 13.5. The molecule has 1 atom stereocenters. The highest BCUT2D eigenvalue weighted by atomic mass is 35.5. The Kier molecular flexibility index (Phi) is 6.41. The second kappa shape index (κ2) is 7.57. The fourth-order valence-electron chi connectivity index (χ4n) is 2.02. The van der Waals surface area contributed by atoms with Gasteiger partial charge >= 0.3 is 0 Å². The minimum absolute atomic E-state index is 0.479. The summed E-state index contributed by atoms with van der Waals surface area (Å²) in [5, 5.41) is 0.590. The van der Waals surface area contributed by atoms with Gasteiger partial charge in [0.2, 0.25) is 0 Å². The molecule has 0 amide bonds. The number of anilines is 1. The van der Waals surface area contributed by atoms with Crippen LogP contribution >= 0.6 is 11.6 Å². The third-order valence-electron chi connectivity index (χ3n) is 3.37. The summed E-state index contributed by atoms with van der Waals surface area (Å²) in [7, 11) is 0. The molecular weight excluding hydrogens is 246 g/mol. The largest absolute Gasteiger partial charge is 0.354 e. The summed E-state index contributed by atoms with van der Waals surface area (Å²) in [6, 6.07) is 0.479. The molecule has 1 rings (SSSR count). The molecule has 0 bridgehead atoms. The van der Waals surface area contributed by atoms with E-state index >= 15 is 0 Å². The van der Waals surface area contributed by atoms with E-state index in [2.05, 4.69) is 42.6 Å². The maximum Gasteiger partial charge on any atom is 0.137 e. The summed E-state index contributed by atoms with van der Waals surface area (Å²) in [6.07, 6.45) is 5.91. The van der Waals surface area contributed by atoms with Gasteiger partial charge < -0.3 is 4.90 Å². The van der Waals surface area contributed by atoms with Crippen LogP contribution < -0.4 is 4.90 Å². The predicted molar refractivity (Wildman–Crippen MR) is 78.4 cm³/mol. The van der Waals surface area contributed by atoms with Crippen LogP contribution in [0.5, 0.6) is 0 Å². The molecule has 1 heterocycles. The molecule has 0 spiro atoms. The summed E-state index contributed by atoms with van der Waals surface area (Å²) in [5.74, 6) is 1.01. The van der Waals surface area contributed by atoms with E-state index in [0.717, 1.165) is 30.8 Å². The highest BCUT2D eigenvalue weighted by molar-refractivity contribution is 6.30. The van der Waals surface area contributed by atoms with E-state index in [-0.39, 0.29) is 0 Å². The standard InChI is InChI=1S/C14H24ClN3/c1-5-8-9-18(11(4)6-2)14-12(7-3)13(15)16-10-17-14/h10-11H,5-9H2,1-4H3. The van der Waals surface area contributed by atoms with Gasteiger partial charge in [0.05, 0.1) is 0 Å². The Labute approximate surface area is 116 Å². The van der Waals surface area contributed by atoms with Gasteiger partial charge in [0, 0.05) is 18.2 Å². The summed E-state index contributed by atoms with van der Waals surface area (Å²) < 4.78 is 0. The zero-order valence-electron chi connectivity index (χ0n) is 11.9. The third kappa shape index (κ3) is 3.58. The van der Waals surface area contributed by atoms with Crippen LogP contribution in [0.15, 0.2) is 6.33 Å². The van der Waals surface area contributed by atoms with Gasteiger partial charge in [-0.25, -0.2) is 9.97 Å². The first kappa shape index (κ1) is 15.2. The van der Waals surface area contributed by atoms with Crippen LogP contribution in [-0.2, 0) is 6.42 Å². The molecule has 0 aromatic carbocycles. The quantitative estimate of drug-likeness (QED) is 0.698. The van der Waals surface area contributed by atoms with E-state index in [0.29, 0.717) is 11.2 Å². The molecule has 1 aromatic rings. The molecule has 1 unspecified atom stereocenters. The van der Waals surface area contributed by atoms with Crippen LogP contribution in [0.1, 0.15) is 52.5 Å². The lowest BCUT2D eigenvalue weighted by Crippen LogP contribution is -2.35. The second-order valence-electron chi connectivity index (χ2n) is 4.62. The van der Waals surface area contributed by atoms with Gasteiger partial charge in [-0.15, -0.1) is 0 Å². The number of unbranched alkanes of at least 4 members (excludes halogenated alkanes) is 1. The van der Waals surface area contributed by atoms with Crippen molar-refractivity contribution in [2.24, 2.45) is 0 Å². The third-order valence-corrected chi connectivity index (χ3v) is 3.70. The van der Waals surface area contributed by atoms with Crippen LogP contribution in [-0.4, -0.2) is 22.6 Å². The fraction of sp³-hybridized carbons (Fsp3) is 0.714. The molecule has 1 aromatic heterocycles. The van der Waals surface area contributed by atoms with Gasteiger partial charge in [-0.2, -0.15) is 0 Å². The predicted octanol–water partition coefficient (Wildman–Crippen LogP) is 4.10. The molecule has 0 aliphatic rings. The number of hydrogen-bond donors (Lipinski definition) is 0. The first-order valence-corrected chi connectivity index (χ1v) is 7.29. The van der Waals surface area contributed by atoms with Crippen LogP contribution in [0.25, 0.3) is 0 Å². The van der Waals surface area contributed by atoms with Crippen molar-refractivity contribution in [1.82, 2.24) is 9.97 Å². The van der Waals surface area contributed by atoms with Gasteiger partial charge in [0.25, 0.3) is 0 Å². The van der Waals surface area contributed by atoms with Gasteiger partial charge in [0.1, 0.15) is 17.3 Å². The molecule has 0 radical (unpaired) electrons. The van der Waals surface area contributed by atoms with Crippen molar-refractivity contribution >= 4 is 17.4 Å². The Hall–Kier alpha value is -0.830. The first-order valence-electron chi connectivity index (χ1n) is 6.91. The van der Waals surface area contributed by atoms with Crippen LogP contribution in [0.4, 0.5) is 5.82 Å². The van der Waals surface area contributed by atoms with Crippen molar-refractivity contribution in [1.29, 1.82) is 0 Å². The average molecular weight is 270 g/mol. The number of rotatable bonds is 7. The first-order chi connectivity index (χ1) is 8.65. The Morgan fingerprint density at radius 3 is 2.56 bits per heavy atom. The molecule has 0 saturated carbocycles. The smallest absolute Gasteiger partial charge is 0.137 e. The Bertz CT molecular complexity index is 368. The van der Waals surface area contributed by atoms with Gasteiger partial charge in [-0.1, -0.05) is 38.8 Å². The summed E-state index contributed by atoms with van der Waals surface area (Å²) in [5.41, 5.74) is 1.07. The van der Waals surface area contributed by atoms with E-state index < -0.39 is 0 Å². The van der Waals surface area contributed by atoms with Crippen molar-refractivity contribution in [3.05, 3.63) is 17.0 Å². The molecule has 3 nitrogen and oxygen atoms in total. The van der Waals surface area contributed by atoms with Crippen molar-refractivity contribution in [2.45, 2.75) is 59.4 Å². The monoisotopic (exact) mass is 269 g/mol. The topological polar surface area (TPSA) is 29.0 Å². The number of halogens is 1. The van der Waals surface area contributed by atoms with Gasteiger partial charge in [-0.05, 0) is 26.2 Å². The Morgan fingerprint density at radius 2 is 2.00 bits per heavy atom. The molecule has 0 fully saturated rings. The highest BCUT2D eigenvalue weighted by Crippen LogP contribution is 2.26. The van der Waals surface area contributed by atoms with E-state index in [1.165, 1.54) is 12.8 Å². The Morgan fingerprint density at radius 1 is 1.28 bits per heavy atom. The van der Waals surface area contributed by atoms with E-state index in [9.17, 15) is 0 Å². The van der Waals surface area contributed by atoms with Crippen molar-refractivity contribution in [2.75, 3.05) is 11.4 Å². The van der Waals surface area contributed by atoms with Gasteiger partial charge in [-0.3, -0.25) is 0 Å². The molecule has 0 N–H and O–H groups in total. The number of aromatic nitrogens is 2. The van der Waals surface area contributed by atoms with Crippen molar-refractivity contribution < 1.29 is 0 Å². The summed E-state index contributed by atoms with van der Waals surface area (Å²) >= 11 is 6.18. The lowest BCUT2D eigenvalue weighted by atomic mass is 10.1. The maximum atomic E-state index is 6.18. The Balaban J connectivity index is 3.07. The average Bonchev–Trinajstić information content (AvgIpc) is 2.39. The van der Waals surface area contributed by atoms with E-state index in [1.807, 2.05) is 0 Å². The molecular formula is C14H24ClN3. The minimum atomic E-state index is 0.479. The lowest BCUT2D eigenvalue weighted by molar-refractivity contribution is 0.586. The summed E-state index contributed by atoms with van der Waals surface area (Å²) in [4.78, 5) is 10.9.